The highest BCUT2D eigenvalue weighted by molar-refractivity contribution is 5.82. The molecule has 2 saturated heterocycles. The third kappa shape index (κ3) is 3.89. The first-order valence-corrected chi connectivity index (χ1v) is 17.7. The Morgan fingerprint density at radius 1 is 0.800 bits per heavy atom. The molecule has 9 heteroatoms. The van der Waals surface area contributed by atoms with Gasteiger partial charge in [0.1, 0.15) is 36.1 Å². The van der Waals surface area contributed by atoms with E-state index in [1.54, 1.807) is 0 Å². The van der Waals surface area contributed by atoms with Crippen molar-refractivity contribution in [1.29, 1.82) is 0 Å². The van der Waals surface area contributed by atoms with Gasteiger partial charge in [-0.15, -0.1) is 0 Å². The molecule has 7 fully saturated rings. The third-order valence-corrected chi connectivity index (χ3v) is 16.2. The molecule has 0 aromatic carbocycles. The Kier molecular flexibility index (Phi) is 7.19. The van der Waals surface area contributed by atoms with E-state index in [2.05, 4.69) is 48.5 Å². The molecule has 0 amide bonds. The van der Waals surface area contributed by atoms with Gasteiger partial charge in [-0.1, -0.05) is 48.5 Å². The molecule has 5 N–H and O–H groups in total. The van der Waals surface area contributed by atoms with Crippen molar-refractivity contribution in [2.75, 3.05) is 6.61 Å². The number of esters is 1. The molecule has 7 aliphatic rings. The summed E-state index contributed by atoms with van der Waals surface area (Å²) in [4.78, 5) is 14.3. The lowest BCUT2D eigenvalue weighted by atomic mass is 9.30. The van der Waals surface area contributed by atoms with Crippen LogP contribution >= 0.6 is 0 Å². The van der Waals surface area contributed by atoms with E-state index in [9.17, 15) is 30.3 Å². The summed E-state index contributed by atoms with van der Waals surface area (Å²) in [5, 5.41) is 53.6. The van der Waals surface area contributed by atoms with Crippen LogP contribution in [0.25, 0.3) is 0 Å². The molecule has 7 rings (SSSR count). The SMILES string of the molecule is CC1(C)CC[C@@]23CC[C@]4(C)[C@](OC2=O)([C@@H](O[C@@H]2O[C@H](CO)[C@@H](O)[C@H](O)[C@H]2O)C[C@@H]2[C@@]5(C)CC[C@H](O)C(C)(C)[C@@H]5CC[C@]24C)[C@@H]3C1. The van der Waals surface area contributed by atoms with Gasteiger partial charge in [0.25, 0.3) is 0 Å². The predicted octanol–water partition coefficient (Wildman–Crippen LogP) is 3.70. The fourth-order valence-electron chi connectivity index (χ4n) is 13.3. The number of hydrogen-bond donors (Lipinski definition) is 5. The standard InChI is InChI=1S/C36H58O9/c1-30(2)12-14-35-15-13-34(7)33(6)11-8-20-31(3,4)23(38)9-10-32(20,5)21(33)16-24(36(34,22(35)17-30)45-29(35)42)44-28-27(41)26(40)25(39)19(18-37)43-28/h19-28,37-41H,8-18H2,1-7H3/t19-,20+,21-,22-,23+,24+,25-,26+,27-,28+,32+,33-,34+,35+,36-/m1/s1. The highest BCUT2D eigenvalue weighted by atomic mass is 16.7. The molecular weight excluding hydrogens is 576 g/mol. The highest BCUT2D eigenvalue weighted by Gasteiger charge is 2.84. The summed E-state index contributed by atoms with van der Waals surface area (Å²) >= 11 is 0. The molecule has 2 heterocycles. The molecule has 45 heavy (non-hydrogen) atoms. The minimum Gasteiger partial charge on any atom is -0.455 e. The van der Waals surface area contributed by atoms with Crippen LogP contribution in [0.3, 0.4) is 0 Å². The summed E-state index contributed by atoms with van der Waals surface area (Å²) < 4.78 is 19.8. The Morgan fingerprint density at radius 3 is 2.18 bits per heavy atom. The van der Waals surface area contributed by atoms with Crippen molar-refractivity contribution >= 4 is 5.97 Å². The number of carbonyl (C=O) groups is 1. The summed E-state index contributed by atoms with van der Waals surface area (Å²) in [6.45, 7) is 15.7. The van der Waals surface area contributed by atoms with Gasteiger partial charge in [0.2, 0.25) is 0 Å². The maximum absolute atomic E-state index is 14.3. The molecule has 2 aliphatic heterocycles. The molecule has 5 saturated carbocycles. The summed E-state index contributed by atoms with van der Waals surface area (Å²) in [7, 11) is 0. The van der Waals surface area contributed by atoms with Crippen molar-refractivity contribution in [3.63, 3.8) is 0 Å². The maximum Gasteiger partial charge on any atom is 0.313 e. The Bertz CT molecular complexity index is 1220. The van der Waals surface area contributed by atoms with Crippen molar-refractivity contribution in [3.8, 4) is 0 Å². The normalized spacial score (nSPS) is 58.0. The molecule has 256 valence electrons. The van der Waals surface area contributed by atoms with E-state index in [4.69, 9.17) is 14.2 Å². The molecule has 5 aliphatic carbocycles. The second-order valence-electron chi connectivity index (χ2n) is 18.6. The van der Waals surface area contributed by atoms with Gasteiger partial charge in [0.05, 0.1) is 18.1 Å². The van der Waals surface area contributed by atoms with E-state index in [0.29, 0.717) is 12.3 Å². The van der Waals surface area contributed by atoms with Gasteiger partial charge >= 0.3 is 5.97 Å². The van der Waals surface area contributed by atoms with Crippen LogP contribution in [-0.4, -0.2) is 86.6 Å². The molecule has 0 radical (unpaired) electrons. The van der Waals surface area contributed by atoms with Crippen LogP contribution in [0.5, 0.6) is 0 Å². The minimum absolute atomic E-state index is 0.0199. The molecule has 1 spiro atoms. The zero-order valence-electron chi connectivity index (χ0n) is 28.4. The Labute approximate surface area is 268 Å². The van der Waals surface area contributed by atoms with Crippen molar-refractivity contribution in [1.82, 2.24) is 0 Å². The lowest BCUT2D eigenvalue weighted by molar-refractivity contribution is -0.369. The first-order chi connectivity index (χ1) is 20.8. The van der Waals surface area contributed by atoms with Crippen molar-refractivity contribution in [2.45, 2.75) is 161 Å². The molecule has 0 unspecified atom stereocenters. The zero-order chi connectivity index (χ0) is 32.8. The lowest BCUT2D eigenvalue weighted by Crippen LogP contribution is -2.77. The summed E-state index contributed by atoms with van der Waals surface area (Å²) in [5.41, 5.74) is -2.46. The van der Waals surface area contributed by atoms with E-state index in [-0.39, 0.29) is 45.6 Å². The fraction of sp³-hybridized carbons (Fsp3) is 0.972. The quantitative estimate of drug-likeness (QED) is 0.232. The first-order valence-electron chi connectivity index (χ1n) is 17.7. The predicted molar refractivity (Wildman–Crippen MR) is 164 cm³/mol. The van der Waals surface area contributed by atoms with Crippen LogP contribution in [0.2, 0.25) is 0 Å². The number of hydrogen-bond acceptors (Lipinski definition) is 9. The van der Waals surface area contributed by atoms with Gasteiger partial charge in [-0.3, -0.25) is 4.79 Å². The molecule has 15 atom stereocenters. The number of aliphatic hydroxyl groups is 5. The van der Waals surface area contributed by atoms with Crippen LogP contribution < -0.4 is 0 Å². The van der Waals surface area contributed by atoms with E-state index < -0.39 is 59.8 Å². The number of rotatable bonds is 3. The number of aliphatic hydroxyl groups excluding tert-OH is 5. The fourth-order valence-corrected chi connectivity index (χ4v) is 13.3. The Balaban J connectivity index is 1.38. The Morgan fingerprint density at radius 2 is 1.49 bits per heavy atom. The number of ether oxygens (including phenoxy) is 3. The van der Waals surface area contributed by atoms with Crippen LogP contribution in [0.15, 0.2) is 0 Å². The van der Waals surface area contributed by atoms with Gasteiger partial charge in [0.15, 0.2) is 6.29 Å². The molecule has 0 aromatic heterocycles. The van der Waals surface area contributed by atoms with Gasteiger partial charge in [0, 0.05) is 11.3 Å². The second-order valence-corrected chi connectivity index (χ2v) is 18.6. The molecule has 9 nitrogen and oxygen atoms in total. The van der Waals surface area contributed by atoms with Crippen molar-refractivity contribution in [3.05, 3.63) is 0 Å². The maximum atomic E-state index is 14.3. The average Bonchev–Trinajstić information content (AvgIpc) is 3.15. The highest BCUT2D eigenvalue weighted by Crippen LogP contribution is 2.81. The van der Waals surface area contributed by atoms with Gasteiger partial charge in [-0.05, 0) is 97.7 Å². The van der Waals surface area contributed by atoms with E-state index in [1.165, 1.54) is 0 Å². The van der Waals surface area contributed by atoms with Crippen LogP contribution in [0.4, 0.5) is 0 Å². The summed E-state index contributed by atoms with van der Waals surface area (Å²) in [5.74, 6) is 0.310. The zero-order valence-corrected chi connectivity index (χ0v) is 28.4. The molecule has 2 bridgehead atoms. The monoisotopic (exact) mass is 634 g/mol. The first kappa shape index (κ1) is 32.7. The van der Waals surface area contributed by atoms with E-state index in [0.717, 1.165) is 57.8 Å². The summed E-state index contributed by atoms with van der Waals surface area (Å²) in [6.07, 6.45) is 0.477. The van der Waals surface area contributed by atoms with E-state index in [1.807, 2.05) is 0 Å². The van der Waals surface area contributed by atoms with Crippen LogP contribution in [0, 0.1) is 50.2 Å². The van der Waals surface area contributed by atoms with Crippen LogP contribution in [0.1, 0.15) is 113 Å². The second kappa shape index (κ2) is 9.88. The van der Waals surface area contributed by atoms with Gasteiger partial charge in [-0.25, -0.2) is 0 Å². The molecule has 0 aromatic rings. The van der Waals surface area contributed by atoms with E-state index >= 15 is 0 Å². The number of carbonyl (C=O) groups excluding carboxylic acids is 1. The smallest absolute Gasteiger partial charge is 0.313 e. The largest absolute Gasteiger partial charge is 0.455 e. The number of fused-ring (bicyclic) bond motifs is 4. The third-order valence-electron chi connectivity index (χ3n) is 16.2. The minimum atomic E-state index is -1.55. The van der Waals surface area contributed by atoms with Crippen LogP contribution in [-0.2, 0) is 19.0 Å². The topological polar surface area (TPSA) is 146 Å². The summed E-state index contributed by atoms with van der Waals surface area (Å²) in [6, 6.07) is 0. The van der Waals surface area contributed by atoms with Gasteiger partial charge in [-0.2, -0.15) is 0 Å². The lowest BCUT2D eigenvalue weighted by Gasteiger charge is -2.75. The molecular formula is C36H58O9. The van der Waals surface area contributed by atoms with Gasteiger partial charge < -0.3 is 39.7 Å². The average molecular weight is 635 g/mol. The van der Waals surface area contributed by atoms with Crippen molar-refractivity contribution in [2.24, 2.45) is 50.2 Å². The van der Waals surface area contributed by atoms with Crippen molar-refractivity contribution < 1.29 is 44.5 Å². The Hall–Kier alpha value is -0.810.